The normalized spacial score (nSPS) is 10.9. The van der Waals surface area contributed by atoms with Gasteiger partial charge in [-0.05, 0) is 41.5 Å². The van der Waals surface area contributed by atoms with Gasteiger partial charge >= 0.3 is 0 Å². The van der Waals surface area contributed by atoms with Crippen LogP contribution < -0.4 is 9.42 Å². The van der Waals surface area contributed by atoms with Crippen LogP contribution in [0.25, 0.3) is 33.7 Å². The first-order chi connectivity index (χ1) is 16.1. The zero-order valence-corrected chi connectivity index (χ0v) is 17.1. The summed E-state index contributed by atoms with van der Waals surface area (Å²) in [5.41, 5.74) is 2.72. The van der Waals surface area contributed by atoms with Crippen LogP contribution in [0.15, 0.2) is 65.4 Å². The van der Waals surface area contributed by atoms with Crippen LogP contribution in [0.4, 0.5) is 8.78 Å². The molecule has 0 saturated heterocycles. The summed E-state index contributed by atoms with van der Waals surface area (Å²) in [6.45, 7) is 0.520. The number of fused-ring (bicyclic) bond motifs is 1. The molecule has 33 heavy (non-hydrogen) atoms. The Balaban J connectivity index is 1.35. The molecule has 7 nitrogen and oxygen atoms in total. The number of benzene rings is 2. The van der Waals surface area contributed by atoms with Gasteiger partial charge in [0.25, 0.3) is 0 Å². The second-order valence-corrected chi connectivity index (χ2v) is 7.15. The van der Waals surface area contributed by atoms with Gasteiger partial charge in [0.05, 0.1) is 5.56 Å². The molecule has 3 heterocycles. The molecule has 162 valence electrons. The van der Waals surface area contributed by atoms with E-state index in [-0.39, 0.29) is 18.0 Å². The van der Waals surface area contributed by atoms with Crippen LogP contribution in [0.1, 0.15) is 5.76 Å². The van der Waals surface area contributed by atoms with Gasteiger partial charge in [-0.25, -0.2) is 13.8 Å². The molecule has 5 rings (SSSR count). The first kappa shape index (κ1) is 20.3. The highest BCUT2D eigenvalue weighted by atomic mass is 19.2. The maximum atomic E-state index is 14.1. The number of rotatable bonds is 6. The lowest BCUT2D eigenvalue weighted by molar-refractivity contribution is -0.746. The molecule has 0 aliphatic rings. The SMILES string of the molecule is C#CCOc1ccc(-c2cc(C[n+]3cc4[nH]c(-c5cccc(F)c5F)nc4cn3)on2)cc1. The van der Waals surface area contributed by atoms with Crippen molar-refractivity contribution in [3.63, 3.8) is 0 Å². The van der Waals surface area contributed by atoms with Gasteiger partial charge in [-0.15, -0.1) is 6.42 Å². The largest absolute Gasteiger partial charge is 0.481 e. The molecule has 0 aliphatic carbocycles. The summed E-state index contributed by atoms with van der Waals surface area (Å²) in [5, 5.41) is 8.43. The summed E-state index contributed by atoms with van der Waals surface area (Å²) in [7, 11) is 0. The summed E-state index contributed by atoms with van der Waals surface area (Å²) in [6.07, 6.45) is 8.45. The highest BCUT2D eigenvalue weighted by Gasteiger charge is 2.17. The van der Waals surface area contributed by atoms with Crippen molar-refractivity contribution in [1.29, 1.82) is 0 Å². The van der Waals surface area contributed by atoms with Crippen molar-refractivity contribution in [3.8, 4) is 40.7 Å². The quantitative estimate of drug-likeness (QED) is 0.317. The van der Waals surface area contributed by atoms with E-state index in [0.717, 1.165) is 11.6 Å². The number of nitrogens with one attached hydrogen (secondary N) is 1. The van der Waals surface area contributed by atoms with Gasteiger partial charge in [0.2, 0.25) is 18.5 Å². The van der Waals surface area contributed by atoms with E-state index in [2.05, 4.69) is 26.1 Å². The molecule has 0 radical (unpaired) electrons. The first-order valence-corrected chi connectivity index (χ1v) is 9.93. The highest BCUT2D eigenvalue weighted by Crippen LogP contribution is 2.24. The number of halogens is 2. The maximum Gasteiger partial charge on any atom is 0.234 e. The van der Waals surface area contributed by atoms with E-state index >= 15 is 0 Å². The van der Waals surface area contributed by atoms with Crippen molar-refractivity contribution >= 4 is 11.0 Å². The fourth-order valence-corrected chi connectivity index (χ4v) is 3.34. The minimum atomic E-state index is -0.956. The number of ether oxygens (including phenoxy) is 1. The third-order valence-corrected chi connectivity index (χ3v) is 4.92. The topological polar surface area (TPSA) is 80.7 Å². The summed E-state index contributed by atoms with van der Waals surface area (Å²) in [6, 6.07) is 13.1. The molecule has 9 heteroatoms. The third-order valence-electron chi connectivity index (χ3n) is 4.92. The number of hydrogen-bond donors (Lipinski definition) is 1. The van der Waals surface area contributed by atoms with Gasteiger partial charge in [-0.3, -0.25) is 0 Å². The van der Waals surface area contributed by atoms with Crippen LogP contribution in [0.3, 0.4) is 0 Å². The van der Waals surface area contributed by atoms with E-state index in [4.69, 9.17) is 15.7 Å². The Morgan fingerprint density at radius 2 is 2.00 bits per heavy atom. The fraction of sp³-hybridized carbons (Fsp3) is 0.0833. The maximum absolute atomic E-state index is 14.1. The Hall–Kier alpha value is -4.58. The van der Waals surface area contributed by atoms with Crippen LogP contribution in [0, 0.1) is 24.0 Å². The van der Waals surface area contributed by atoms with Crippen LogP contribution >= 0.6 is 0 Å². The van der Waals surface area contributed by atoms with Gasteiger partial charge < -0.3 is 14.2 Å². The lowest BCUT2D eigenvalue weighted by Crippen LogP contribution is -2.37. The summed E-state index contributed by atoms with van der Waals surface area (Å²) in [5.74, 6) is 2.01. The molecule has 0 unspecified atom stereocenters. The number of H-pyrrole nitrogens is 1. The Morgan fingerprint density at radius 1 is 1.15 bits per heavy atom. The molecule has 0 fully saturated rings. The van der Waals surface area contributed by atoms with Gasteiger partial charge in [-0.2, -0.15) is 0 Å². The Kier molecular flexibility index (Phi) is 5.24. The standard InChI is InChI=1S/C24H15F2N5O2/c1-2-10-32-16-8-6-15(7-9-16)20-11-17(33-30-20)13-31-14-22-21(12-27-31)28-24(29-22)18-4-3-5-19(25)23(18)26/h1,3-9,11-12,14H,10,13H2/p+1. The molecular formula is C24H16F2N5O2+. The Labute approximate surface area is 186 Å². The average Bonchev–Trinajstić information content (AvgIpc) is 3.47. The number of nitrogens with zero attached hydrogens (tertiary/aromatic N) is 4. The van der Waals surface area contributed by atoms with E-state index in [0.29, 0.717) is 34.8 Å². The summed E-state index contributed by atoms with van der Waals surface area (Å²) < 4.78 is 40.1. The van der Waals surface area contributed by atoms with E-state index < -0.39 is 11.6 Å². The predicted molar refractivity (Wildman–Crippen MR) is 115 cm³/mol. The molecule has 2 aromatic carbocycles. The molecule has 0 atom stereocenters. The summed E-state index contributed by atoms with van der Waals surface area (Å²) >= 11 is 0. The molecule has 0 bridgehead atoms. The molecular weight excluding hydrogens is 428 g/mol. The Morgan fingerprint density at radius 3 is 2.82 bits per heavy atom. The van der Waals surface area contributed by atoms with Crippen molar-refractivity contribution in [2.24, 2.45) is 0 Å². The molecule has 3 aromatic heterocycles. The van der Waals surface area contributed by atoms with Crippen molar-refractivity contribution < 1.29 is 22.7 Å². The number of aromatic amines is 1. The predicted octanol–water partition coefficient (Wildman–Crippen LogP) is 3.91. The van der Waals surface area contributed by atoms with E-state index in [1.165, 1.54) is 12.1 Å². The molecule has 0 aliphatic heterocycles. The second-order valence-electron chi connectivity index (χ2n) is 7.15. The van der Waals surface area contributed by atoms with Crippen molar-refractivity contribution in [3.05, 3.63) is 78.3 Å². The van der Waals surface area contributed by atoms with E-state index in [9.17, 15) is 8.78 Å². The monoisotopic (exact) mass is 444 g/mol. The number of terminal acetylenes is 1. The van der Waals surface area contributed by atoms with E-state index in [1.54, 1.807) is 17.1 Å². The molecule has 0 saturated carbocycles. The molecule has 0 amide bonds. The Bertz CT molecular complexity index is 1490. The molecule has 0 spiro atoms. The number of imidazole rings is 1. The minimum absolute atomic E-state index is 0.0494. The fourth-order valence-electron chi connectivity index (χ4n) is 3.34. The van der Waals surface area contributed by atoms with Crippen LogP contribution in [-0.4, -0.2) is 26.8 Å². The van der Waals surface area contributed by atoms with Crippen LogP contribution in [0.5, 0.6) is 5.75 Å². The van der Waals surface area contributed by atoms with Gasteiger partial charge in [0.15, 0.2) is 11.6 Å². The molecule has 1 N–H and O–H groups in total. The zero-order valence-electron chi connectivity index (χ0n) is 17.1. The smallest absolute Gasteiger partial charge is 0.234 e. The zero-order chi connectivity index (χ0) is 22.8. The minimum Gasteiger partial charge on any atom is -0.481 e. The number of aromatic nitrogens is 5. The molecule has 5 aromatic rings. The second kappa shape index (κ2) is 8.51. The van der Waals surface area contributed by atoms with E-state index in [1.807, 2.05) is 30.3 Å². The van der Waals surface area contributed by atoms with Gasteiger partial charge in [0.1, 0.15) is 41.1 Å². The first-order valence-electron chi connectivity index (χ1n) is 9.93. The summed E-state index contributed by atoms with van der Waals surface area (Å²) in [4.78, 5) is 7.32. The number of hydrogen-bond acceptors (Lipinski definition) is 5. The van der Waals surface area contributed by atoms with Crippen molar-refractivity contribution in [2.75, 3.05) is 6.61 Å². The van der Waals surface area contributed by atoms with Crippen LogP contribution in [0.2, 0.25) is 0 Å². The van der Waals surface area contributed by atoms with Crippen molar-refractivity contribution in [2.45, 2.75) is 6.54 Å². The lowest BCUT2D eigenvalue weighted by Gasteiger charge is -2.02. The third kappa shape index (κ3) is 4.14. The van der Waals surface area contributed by atoms with Gasteiger partial charge in [-0.1, -0.05) is 21.8 Å². The average molecular weight is 444 g/mol. The van der Waals surface area contributed by atoms with Gasteiger partial charge in [0, 0.05) is 11.6 Å². The van der Waals surface area contributed by atoms with Crippen molar-refractivity contribution in [1.82, 2.24) is 20.2 Å². The van der Waals surface area contributed by atoms with Crippen LogP contribution in [-0.2, 0) is 6.54 Å². The highest BCUT2D eigenvalue weighted by molar-refractivity contribution is 5.77. The lowest BCUT2D eigenvalue weighted by atomic mass is 10.1.